The van der Waals surface area contributed by atoms with E-state index in [1.54, 1.807) is 0 Å². The summed E-state index contributed by atoms with van der Waals surface area (Å²) in [5.41, 5.74) is 4.98. The second-order valence-corrected chi connectivity index (χ2v) is 4.26. The fourth-order valence-corrected chi connectivity index (χ4v) is 1.42. The van der Waals surface area contributed by atoms with E-state index in [4.69, 9.17) is 17.3 Å². The fraction of sp³-hybridized carbons (Fsp3) is 0.250. The van der Waals surface area contributed by atoms with Gasteiger partial charge in [0.25, 0.3) is 0 Å². The number of hydrogen-bond acceptors (Lipinski definition) is 1. The lowest BCUT2D eigenvalue weighted by Gasteiger charge is -2.16. The first-order chi connectivity index (χ1) is 6.32. The van der Waals surface area contributed by atoms with E-state index < -0.39 is 12.2 Å². The normalized spacial score (nSPS) is 14.1. The van der Waals surface area contributed by atoms with Crippen LogP contribution < -0.4 is 5.73 Å². The van der Waals surface area contributed by atoms with E-state index in [2.05, 4.69) is 0 Å². The molecule has 1 atom stereocenters. The van der Waals surface area contributed by atoms with E-state index in [0.29, 0.717) is 3.57 Å². The highest BCUT2D eigenvalue weighted by Gasteiger charge is 2.37. The smallest absolute Gasteiger partial charge is 0.316 e. The van der Waals surface area contributed by atoms with E-state index in [9.17, 15) is 13.2 Å². The van der Waals surface area contributed by atoms with Crippen LogP contribution in [0.4, 0.5) is 13.2 Å². The topological polar surface area (TPSA) is 26.0 Å². The van der Waals surface area contributed by atoms with Crippen molar-refractivity contribution in [3.05, 3.63) is 32.4 Å². The minimum Gasteiger partial charge on any atom is -0.316 e. The fourth-order valence-electron chi connectivity index (χ4n) is 0.895. The predicted octanol–water partition coefficient (Wildman–Crippen LogP) is 3.51. The molecule has 2 N–H and O–H groups in total. The lowest BCUT2D eigenvalue weighted by Crippen LogP contribution is -2.28. The van der Waals surface area contributed by atoms with Crippen LogP contribution >= 0.6 is 34.2 Å². The van der Waals surface area contributed by atoms with Gasteiger partial charge in [-0.1, -0.05) is 17.7 Å². The molecule has 0 saturated carbocycles. The molecule has 0 aliphatic heterocycles. The van der Waals surface area contributed by atoms with Crippen molar-refractivity contribution >= 4 is 34.2 Å². The molecule has 0 fully saturated rings. The van der Waals surface area contributed by atoms with Crippen molar-refractivity contribution in [3.63, 3.8) is 0 Å². The van der Waals surface area contributed by atoms with Crippen LogP contribution in [0, 0.1) is 3.57 Å². The molecule has 0 aliphatic rings. The first kappa shape index (κ1) is 12.1. The van der Waals surface area contributed by atoms with Crippen molar-refractivity contribution in [1.29, 1.82) is 0 Å². The summed E-state index contributed by atoms with van der Waals surface area (Å²) in [5.74, 6) is 0. The molecule has 0 unspecified atom stereocenters. The molecule has 0 aromatic heterocycles. The Balaban J connectivity index is 3.03. The van der Waals surface area contributed by atoms with Crippen LogP contribution in [-0.4, -0.2) is 6.18 Å². The molecule has 1 aromatic carbocycles. The van der Waals surface area contributed by atoms with Crippen molar-refractivity contribution in [2.45, 2.75) is 12.2 Å². The second kappa shape index (κ2) is 4.24. The van der Waals surface area contributed by atoms with Crippen molar-refractivity contribution in [3.8, 4) is 0 Å². The molecule has 0 heterocycles. The molecule has 78 valence electrons. The van der Waals surface area contributed by atoms with E-state index in [1.807, 2.05) is 22.6 Å². The molecule has 1 nitrogen and oxygen atoms in total. The molecular formula is C8H6ClF3IN. The van der Waals surface area contributed by atoms with Gasteiger partial charge < -0.3 is 5.73 Å². The Morgan fingerprint density at radius 1 is 1.36 bits per heavy atom. The van der Waals surface area contributed by atoms with Crippen LogP contribution in [0.15, 0.2) is 18.2 Å². The van der Waals surface area contributed by atoms with Crippen molar-refractivity contribution < 1.29 is 13.2 Å². The molecule has 0 saturated heterocycles. The highest BCUT2D eigenvalue weighted by atomic mass is 127. The van der Waals surface area contributed by atoms with Crippen LogP contribution in [0.5, 0.6) is 0 Å². The highest BCUT2D eigenvalue weighted by Crippen LogP contribution is 2.32. The number of halogens is 5. The molecule has 14 heavy (non-hydrogen) atoms. The summed E-state index contributed by atoms with van der Waals surface area (Å²) in [5, 5.41) is 0.280. The number of nitrogens with two attached hydrogens (primary N) is 1. The molecule has 1 rings (SSSR count). The number of hydrogen-bond donors (Lipinski definition) is 1. The largest absolute Gasteiger partial charge is 0.407 e. The van der Waals surface area contributed by atoms with Crippen LogP contribution in [0.2, 0.25) is 5.02 Å². The van der Waals surface area contributed by atoms with Gasteiger partial charge in [-0.3, -0.25) is 0 Å². The third-order valence-electron chi connectivity index (χ3n) is 1.66. The van der Waals surface area contributed by atoms with Crippen LogP contribution in [-0.2, 0) is 0 Å². The molecule has 0 bridgehead atoms. The van der Waals surface area contributed by atoms with Gasteiger partial charge in [-0.15, -0.1) is 0 Å². The molecule has 0 aliphatic carbocycles. The monoisotopic (exact) mass is 335 g/mol. The average Bonchev–Trinajstić information content (AvgIpc) is 2.07. The highest BCUT2D eigenvalue weighted by molar-refractivity contribution is 14.1. The molecule has 0 amide bonds. The lowest BCUT2D eigenvalue weighted by molar-refractivity contribution is -0.149. The van der Waals surface area contributed by atoms with Gasteiger partial charge in [0.1, 0.15) is 6.04 Å². The summed E-state index contributed by atoms with van der Waals surface area (Å²) in [6.45, 7) is 0. The molecule has 6 heteroatoms. The summed E-state index contributed by atoms with van der Waals surface area (Å²) < 4.78 is 37.3. The standard InChI is InChI=1S/C8H6ClF3IN/c9-5-3-4(1-2-6(5)13)7(14)8(10,11)12/h1-3,7H,14H2/t7-/m1/s1. The van der Waals surface area contributed by atoms with Gasteiger partial charge in [-0.05, 0) is 40.3 Å². The van der Waals surface area contributed by atoms with Gasteiger partial charge in [0.15, 0.2) is 0 Å². The predicted molar refractivity (Wildman–Crippen MR) is 57.2 cm³/mol. The van der Waals surface area contributed by atoms with Crippen LogP contribution in [0.25, 0.3) is 0 Å². The molecule has 0 radical (unpaired) electrons. The second-order valence-electron chi connectivity index (χ2n) is 2.69. The van der Waals surface area contributed by atoms with E-state index >= 15 is 0 Å². The van der Waals surface area contributed by atoms with Crippen molar-refractivity contribution in [1.82, 2.24) is 0 Å². The summed E-state index contributed by atoms with van der Waals surface area (Å²) in [4.78, 5) is 0. The number of benzene rings is 1. The van der Waals surface area contributed by atoms with Crippen molar-refractivity contribution in [2.24, 2.45) is 5.73 Å². The molecule has 1 aromatic rings. The SMILES string of the molecule is N[C@H](c1ccc(I)c(Cl)c1)C(F)(F)F. The Kier molecular flexibility index (Phi) is 3.65. The van der Waals surface area contributed by atoms with Gasteiger partial charge >= 0.3 is 6.18 Å². The minimum atomic E-state index is -4.43. The Hall–Kier alpha value is -0.0100. The zero-order chi connectivity index (χ0) is 10.9. The molecular weight excluding hydrogens is 329 g/mol. The van der Waals surface area contributed by atoms with E-state index in [1.165, 1.54) is 18.2 Å². The Morgan fingerprint density at radius 3 is 2.36 bits per heavy atom. The van der Waals surface area contributed by atoms with Gasteiger partial charge in [0.05, 0.1) is 5.02 Å². The van der Waals surface area contributed by atoms with Crippen molar-refractivity contribution in [2.75, 3.05) is 0 Å². The minimum absolute atomic E-state index is 0.0251. The van der Waals surface area contributed by atoms with Gasteiger partial charge in [0.2, 0.25) is 0 Å². The summed E-state index contributed by atoms with van der Waals surface area (Å²) in [7, 11) is 0. The zero-order valence-electron chi connectivity index (χ0n) is 6.78. The van der Waals surface area contributed by atoms with Gasteiger partial charge in [-0.2, -0.15) is 13.2 Å². The Morgan fingerprint density at radius 2 is 1.93 bits per heavy atom. The summed E-state index contributed by atoms with van der Waals surface area (Å²) in [6.07, 6.45) is -4.43. The average molecular weight is 335 g/mol. The number of alkyl halides is 3. The van der Waals surface area contributed by atoms with Crippen LogP contribution in [0.3, 0.4) is 0 Å². The Bertz CT molecular complexity index is 340. The first-order valence-corrected chi connectivity index (χ1v) is 5.05. The summed E-state index contributed by atoms with van der Waals surface area (Å²) >= 11 is 7.61. The first-order valence-electron chi connectivity index (χ1n) is 3.59. The maximum atomic E-state index is 12.2. The third-order valence-corrected chi connectivity index (χ3v) is 3.23. The maximum Gasteiger partial charge on any atom is 0.407 e. The maximum absolute atomic E-state index is 12.2. The summed E-state index contributed by atoms with van der Waals surface area (Å²) in [6, 6.07) is 2.09. The van der Waals surface area contributed by atoms with E-state index in [-0.39, 0.29) is 10.6 Å². The van der Waals surface area contributed by atoms with Gasteiger partial charge in [-0.25, -0.2) is 0 Å². The van der Waals surface area contributed by atoms with Crippen LogP contribution in [0.1, 0.15) is 11.6 Å². The Labute approximate surface area is 97.6 Å². The van der Waals surface area contributed by atoms with Gasteiger partial charge in [0, 0.05) is 3.57 Å². The quantitative estimate of drug-likeness (QED) is 0.781. The van der Waals surface area contributed by atoms with E-state index in [0.717, 1.165) is 0 Å². The third kappa shape index (κ3) is 2.74. The molecule has 0 spiro atoms. The number of rotatable bonds is 1. The lowest BCUT2D eigenvalue weighted by atomic mass is 10.1. The zero-order valence-corrected chi connectivity index (χ0v) is 9.69.